The molecule has 1 heteroatoms. The molecular formula is C19H18O. The molecule has 0 atom stereocenters. The number of aliphatic hydroxyl groups is 1. The summed E-state index contributed by atoms with van der Waals surface area (Å²) in [6.45, 7) is 3.37. The average Bonchev–Trinajstić information content (AvgIpc) is 2.44. The van der Waals surface area contributed by atoms with E-state index in [1.54, 1.807) is 13.8 Å². The van der Waals surface area contributed by atoms with Crippen molar-refractivity contribution in [3.8, 4) is 11.8 Å². The maximum atomic E-state index is 9.78. The summed E-state index contributed by atoms with van der Waals surface area (Å²) >= 11 is 0. The number of rotatable bonds is 2. The van der Waals surface area contributed by atoms with Crippen molar-refractivity contribution < 1.29 is 5.11 Å². The van der Waals surface area contributed by atoms with Crippen molar-refractivity contribution >= 4 is 11.6 Å². The molecule has 0 aliphatic heterocycles. The van der Waals surface area contributed by atoms with Crippen LogP contribution in [0.1, 0.15) is 25.0 Å². The van der Waals surface area contributed by atoms with Gasteiger partial charge in [-0.25, -0.2) is 0 Å². The maximum absolute atomic E-state index is 9.78. The van der Waals surface area contributed by atoms with Gasteiger partial charge in [-0.1, -0.05) is 72.5 Å². The largest absolute Gasteiger partial charge is 0.378 e. The van der Waals surface area contributed by atoms with E-state index in [0.29, 0.717) is 0 Å². The minimum absolute atomic E-state index is 0.902. The smallest absolute Gasteiger partial charge is 0.120 e. The van der Waals surface area contributed by atoms with E-state index in [4.69, 9.17) is 0 Å². The third-order valence-electron chi connectivity index (χ3n) is 2.70. The zero-order valence-corrected chi connectivity index (χ0v) is 11.8. The number of allylic oxidation sites excluding steroid dienone is 1. The van der Waals surface area contributed by atoms with Crippen molar-refractivity contribution in [1.29, 1.82) is 0 Å². The van der Waals surface area contributed by atoms with E-state index >= 15 is 0 Å². The SMILES string of the molecule is CC(C)(O)C#CC(=Cc1ccccc1)c1ccccc1. The Morgan fingerprint density at radius 3 is 2.05 bits per heavy atom. The van der Waals surface area contributed by atoms with Crippen LogP contribution in [0.15, 0.2) is 60.7 Å². The van der Waals surface area contributed by atoms with Crippen LogP contribution in [-0.2, 0) is 0 Å². The van der Waals surface area contributed by atoms with Crippen LogP contribution in [0.3, 0.4) is 0 Å². The van der Waals surface area contributed by atoms with E-state index in [9.17, 15) is 5.11 Å². The van der Waals surface area contributed by atoms with Gasteiger partial charge in [0.15, 0.2) is 0 Å². The first-order valence-corrected chi connectivity index (χ1v) is 6.62. The van der Waals surface area contributed by atoms with Crippen LogP contribution >= 0.6 is 0 Å². The molecule has 0 aromatic heterocycles. The highest BCUT2D eigenvalue weighted by Gasteiger charge is 2.06. The second-order valence-corrected chi connectivity index (χ2v) is 5.14. The maximum Gasteiger partial charge on any atom is 0.120 e. The van der Waals surface area contributed by atoms with Gasteiger partial charge in [-0.3, -0.25) is 0 Å². The van der Waals surface area contributed by atoms with Gasteiger partial charge < -0.3 is 5.11 Å². The lowest BCUT2D eigenvalue weighted by molar-refractivity contribution is 0.143. The highest BCUT2D eigenvalue weighted by Crippen LogP contribution is 2.17. The van der Waals surface area contributed by atoms with E-state index in [-0.39, 0.29) is 0 Å². The monoisotopic (exact) mass is 262 g/mol. The molecule has 0 aliphatic rings. The summed E-state index contributed by atoms with van der Waals surface area (Å²) in [4.78, 5) is 0. The van der Waals surface area contributed by atoms with Crippen LogP contribution in [0.25, 0.3) is 11.6 Å². The third-order valence-corrected chi connectivity index (χ3v) is 2.70. The second-order valence-electron chi connectivity index (χ2n) is 5.14. The summed E-state index contributed by atoms with van der Waals surface area (Å²) in [5, 5.41) is 9.78. The highest BCUT2D eigenvalue weighted by molar-refractivity contribution is 5.91. The van der Waals surface area contributed by atoms with Crippen molar-refractivity contribution in [2.75, 3.05) is 0 Å². The fourth-order valence-electron chi connectivity index (χ4n) is 1.75. The fourth-order valence-corrected chi connectivity index (χ4v) is 1.75. The minimum Gasteiger partial charge on any atom is -0.378 e. The van der Waals surface area contributed by atoms with Crippen LogP contribution in [-0.4, -0.2) is 10.7 Å². The Bertz CT molecular complexity index is 635. The third kappa shape index (κ3) is 4.42. The Labute approximate surface area is 120 Å². The van der Waals surface area contributed by atoms with Gasteiger partial charge in [-0.2, -0.15) is 0 Å². The Morgan fingerprint density at radius 1 is 0.950 bits per heavy atom. The zero-order valence-electron chi connectivity index (χ0n) is 11.8. The highest BCUT2D eigenvalue weighted by atomic mass is 16.3. The molecule has 0 amide bonds. The van der Waals surface area contributed by atoms with Gasteiger partial charge in [0.05, 0.1) is 0 Å². The molecule has 0 bridgehead atoms. The van der Waals surface area contributed by atoms with Crippen LogP contribution in [0, 0.1) is 11.8 Å². The molecule has 2 aromatic rings. The molecule has 0 spiro atoms. The van der Waals surface area contributed by atoms with E-state index in [2.05, 4.69) is 11.8 Å². The lowest BCUT2D eigenvalue weighted by Gasteiger charge is -2.07. The summed E-state index contributed by atoms with van der Waals surface area (Å²) in [6.07, 6.45) is 2.04. The van der Waals surface area contributed by atoms with Crippen LogP contribution in [0.4, 0.5) is 0 Å². The van der Waals surface area contributed by atoms with E-state index in [1.807, 2.05) is 66.7 Å². The Balaban J connectivity index is 2.45. The first-order valence-electron chi connectivity index (χ1n) is 6.62. The summed E-state index contributed by atoms with van der Waals surface area (Å²) in [5.41, 5.74) is 2.05. The van der Waals surface area contributed by atoms with Crippen molar-refractivity contribution in [1.82, 2.24) is 0 Å². The van der Waals surface area contributed by atoms with Gasteiger partial charge in [-0.15, -0.1) is 0 Å². The summed E-state index contributed by atoms with van der Waals surface area (Å²) in [7, 11) is 0. The van der Waals surface area contributed by atoms with Crippen LogP contribution in [0.5, 0.6) is 0 Å². The lowest BCUT2D eigenvalue weighted by atomic mass is 10.0. The normalized spacial score (nSPS) is 11.7. The van der Waals surface area contributed by atoms with Gasteiger partial charge in [-0.05, 0) is 31.1 Å². The van der Waals surface area contributed by atoms with E-state index in [1.165, 1.54) is 0 Å². The quantitative estimate of drug-likeness (QED) is 0.640. The Morgan fingerprint density at radius 2 is 1.50 bits per heavy atom. The number of hydrogen-bond donors (Lipinski definition) is 1. The van der Waals surface area contributed by atoms with Crippen molar-refractivity contribution in [3.63, 3.8) is 0 Å². The molecule has 0 saturated carbocycles. The average molecular weight is 262 g/mol. The van der Waals surface area contributed by atoms with E-state index < -0.39 is 5.60 Å². The molecule has 1 N–H and O–H groups in total. The predicted octanol–water partition coefficient (Wildman–Crippen LogP) is 4.00. The molecule has 0 fully saturated rings. The lowest BCUT2D eigenvalue weighted by Crippen LogP contribution is -2.14. The van der Waals surface area contributed by atoms with E-state index in [0.717, 1.165) is 16.7 Å². The number of hydrogen-bond acceptors (Lipinski definition) is 1. The van der Waals surface area contributed by atoms with Crippen LogP contribution in [0.2, 0.25) is 0 Å². The molecule has 2 rings (SSSR count). The number of benzene rings is 2. The van der Waals surface area contributed by atoms with Crippen molar-refractivity contribution in [2.24, 2.45) is 0 Å². The van der Waals surface area contributed by atoms with Crippen molar-refractivity contribution in [3.05, 3.63) is 71.8 Å². The molecule has 1 nitrogen and oxygen atoms in total. The van der Waals surface area contributed by atoms with Gasteiger partial charge in [0.1, 0.15) is 5.60 Å². The molecule has 2 aromatic carbocycles. The molecular weight excluding hydrogens is 244 g/mol. The van der Waals surface area contributed by atoms with Gasteiger partial charge in [0, 0.05) is 5.57 Å². The summed E-state index contributed by atoms with van der Waals surface area (Å²) in [6, 6.07) is 20.1. The summed E-state index contributed by atoms with van der Waals surface area (Å²) < 4.78 is 0. The first-order chi connectivity index (χ1) is 9.54. The zero-order chi connectivity index (χ0) is 14.4. The summed E-state index contributed by atoms with van der Waals surface area (Å²) in [5.74, 6) is 5.96. The Kier molecular flexibility index (Phi) is 4.40. The Hall–Kier alpha value is -2.30. The van der Waals surface area contributed by atoms with Gasteiger partial charge >= 0.3 is 0 Å². The van der Waals surface area contributed by atoms with Crippen molar-refractivity contribution in [2.45, 2.75) is 19.4 Å². The molecule has 0 heterocycles. The molecule has 100 valence electrons. The predicted molar refractivity (Wildman–Crippen MR) is 84.8 cm³/mol. The van der Waals surface area contributed by atoms with Gasteiger partial charge in [0.25, 0.3) is 0 Å². The second kappa shape index (κ2) is 6.23. The first kappa shape index (κ1) is 14.1. The molecule has 20 heavy (non-hydrogen) atoms. The topological polar surface area (TPSA) is 20.2 Å². The molecule has 0 saturated heterocycles. The molecule has 0 radical (unpaired) electrons. The van der Waals surface area contributed by atoms with Crippen LogP contribution < -0.4 is 0 Å². The molecule has 0 unspecified atom stereocenters. The molecule has 0 aliphatic carbocycles. The fraction of sp³-hybridized carbons (Fsp3) is 0.158. The van der Waals surface area contributed by atoms with Gasteiger partial charge in [0.2, 0.25) is 0 Å². The minimum atomic E-state index is -0.995. The standard InChI is InChI=1S/C19H18O/c1-19(2,20)14-13-18(17-11-7-4-8-12-17)15-16-9-5-3-6-10-16/h3-12,15,20H,1-2H3.